The molecule has 2 aromatic carbocycles. The van der Waals surface area contributed by atoms with E-state index in [0.717, 1.165) is 30.1 Å². The van der Waals surface area contributed by atoms with Gasteiger partial charge in [-0.1, -0.05) is 11.6 Å². The minimum absolute atomic E-state index is 0. The Labute approximate surface area is 212 Å². The summed E-state index contributed by atoms with van der Waals surface area (Å²) in [4.78, 5) is 21.0. The van der Waals surface area contributed by atoms with Crippen molar-refractivity contribution in [1.29, 1.82) is 0 Å². The molecule has 0 bridgehead atoms. The molecule has 2 aromatic rings. The molecular weight excluding hydrogens is 488 g/mol. The minimum Gasteiger partial charge on any atom is -0.548 e. The van der Waals surface area contributed by atoms with Crippen LogP contribution in [0.2, 0.25) is 5.02 Å². The molecule has 1 unspecified atom stereocenters. The number of carbonyl (C=O) groups excluding carboxylic acids is 1. The van der Waals surface area contributed by atoms with Crippen LogP contribution in [0.15, 0.2) is 36.4 Å². The monoisotopic (exact) mass is 502 g/mol. The summed E-state index contributed by atoms with van der Waals surface area (Å²) in [6, 6.07) is 6.28. The molecule has 0 saturated carbocycles. The Bertz CT molecular complexity index is 967. The SMILES string of the molecule is CC(CSNc1cc(Oc2ccc(C(F)(F)F)cc2Cl)ccc1[N+](=O)[O-])OCC(=O)[O-].[Na+]. The third kappa shape index (κ3) is 8.68. The van der Waals surface area contributed by atoms with Crippen molar-refractivity contribution in [3.05, 3.63) is 57.1 Å². The van der Waals surface area contributed by atoms with Crippen LogP contribution in [0.4, 0.5) is 24.5 Å². The molecule has 0 radical (unpaired) electrons. The maximum absolute atomic E-state index is 12.7. The van der Waals surface area contributed by atoms with Gasteiger partial charge in [-0.25, -0.2) is 0 Å². The number of halogens is 4. The first kappa shape index (κ1) is 28.3. The van der Waals surface area contributed by atoms with Gasteiger partial charge in [0.05, 0.1) is 34.2 Å². The van der Waals surface area contributed by atoms with Gasteiger partial charge in [0, 0.05) is 17.9 Å². The van der Waals surface area contributed by atoms with Crippen molar-refractivity contribution < 1.29 is 67.0 Å². The number of rotatable bonds is 10. The number of aliphatic carboxylic acids is 1. The van der Waals surface area contributed by atoms with Crippen LogP contribution in [0.25, 0.3) is 0 Å². The van der Waals surface area contributed by atoms with E-state index in [-0.39, 0.29) is 63.2 Å². The summed E-state index contributed by atoms with van der Waals surface area (Å²) in [5.74, 6) is -1.09. The van der Waals surface area contributed by atoms with E-state index in [1.54, 1.807) is 6.92 Å². The molecule has 1 N–H and O–H groups in total. The van der Waals surface area contributed by atoms with Gasteiger partial charge in [0.25, 0.3) is 5.69 Å². The molecule has 0 aromatic heterocycles. The number of carboxylic acid groups (broad SMARTS) is 1. The molecule has 2 rings (SSSR count). The van der Waals surface area contributed by atoms with E-state index in [2.05, 4.69) is 4.72 Å². The van der Waals surface area contributed by atoms with Crippen LogP contribution >= 0.6 is 23.5 Å². The molecule has 0 heterocycles. The molecule has 0 spiro atoms. The van der Waals surface area contributed by atoms with Crippen LogP contribution in [0.5, 0.6) is 11.5 Å². The Balaban J connectivity index is 0.00000512. The molecule has 0 aliphatic carbocycles. The number of benzene rings is 2. The normalized spacial score (nSPS) is 11.9. The molecule has 0 fully saturated rings. The fourth-order valence-electron chi connectivity index (χ4n) is 2.20. The van der Waals surface area contributed by atoms with Crippen LogP contribution in [0.1, 0.15) is 12.5 Å². The van der Waals surface area contributed by atoms with E-state index < -0.39 is 35.3 Å². The van der Waals surface area contributed by atoms with Crippen molar-refractivity contribution in [2.75, 3.05) is 17.1 Å². The number of ether oxygens (including phenoxy) is 2. The van der Waals surface area contributed by atoms with Gasteiger partial charge in [0.1, 0.15) is 17.2 Å². The summed E-state index contributed by atoms with van der Waals surface area (Å²) in [7, 11) is 0. The van der Waals surface area contributed by atoms with Gasteiger partial charge in [-0.15, -0.1) is 0 Å². The fraction of sp³-hybridized carbons (Fsp3) is 0.278. The van der Waals surface area contributed by atoms with Gasteiger partial charge in [0.15, 0.2) is 0 Å². The quantitative estimate of drug-likeness (QED) is 0.224. The average Bonchev–Trinajstić information content (AvgIpc) is 2.67. The Morgan fingerprint density at radius 1 is 1.28 bits per heavy atom. The van der Waals surface area contributed by atoms with Crippen molar-refractivity contribution in [3.63, 3.8) is 0 Å². The molecule has 1 atom stereocenters. The van der Waals surface area contributed by atoms with Crippen LogP contribution in [0.3, 0.4) is 0 Å². The minimum atomic E-state index is -4.56. The first-order valence-electron chi connectivity index (χ1n) is 8.49. The third-order valence-electron chi connectivity index (χ3n) is 3.64. The number of hydrogen-bond acceptors (Lipinski definition) is 8. The topological polar surface area (TPSA) is 114 Å². The largest absolute Gasteiger partial charge is 1.00 e. The number of alkyl halides is 3. The fourth-order valence-corrected chi connectivity index (χ4v) is 3.15. The zero-order chi connectivity index (χ0) is 23.2. The Morgan fingerprint density at radius 3 is 2.53 bits per heavy atom. The molecule has 168 valence electrons. The summed E-state index contributed by atoms with van der Waals surface area (Å²) in [5.41, 5.74) is -1.16. The van der Waals surface area contributed by atoms with Crippen LogP contribution < -0.4 is 44.1 Å². The molecule has 0 aliphatic rings. The van der Waals surface area contributed by atoms with E-state index >= 15 is 0 Å². The second-order valence-corrected chi connectivity index (χ2v) is 7.32. The van der Waals surface area contributed by atoms with E-state index in [1.165, 1.54) is 12.1 Å². The molecular formula is C18H15ClF3N2NaO6S. The first-order valence-corrected chi connectivity index (χ1v) is 9.86. The first-order chi connectivity index (χ1) is 14.5. The van der Waals surface area contributed by atoms with E-state index in [4.69, 9.17) is 21.1 Å². The van der Waals surface area contributed by atoms with Gasteiger partial charge >= 0.3 is 35.7 Å². The number of carbonyl (C=O) groups is 1. The molecule has 32 heavy (non-hydrogen) atoms. The van der Waals surface area contributed by atoms with Crippen molar-refractivity contribution in [2.24, 2.45) is 0 Å². The zero-order valence-corrected chi connectivity index (χ0v) is 20.3. The number of nitrogens with one attached hydrogen (secondary N) is 1. The van der Waals surface area contributed by atoms with E-state index in [0.29, 0.717) is 6.07 Å². The van der Waals surface area contributed by atoms with Gasteiger partial charge < -0.3 is 24.1 Å². The van der Waals surface area contributed by atoms with Crippen molar-refractivity contribution in [3.8, 4) is 11.5 Å². The van der Waals surface area contributed by atoms with Gasteiger partial charge in [-0.05, 0) is 43.1 Å². The van der Waals surface area contributed by atoms with Gasteiger partial charge in [-0.3, -0.25) is 10.1 Å². The third-order valence-corrected chi connectivity index (χ3v) is 4.93. The van der Waals surface area contributed by atoms with Crippen LogP contribution in [0, 0.1) is 10.1 Å². The van der Waals surface area contributed by atoms with Gasteiger partial charge in [0.2, 0.25) is 0 Å². The maximum atomic E-state index is 12.7. The standard InChI is InChI=1S/C18H16ClF3N2O6S.Na/c1-10(29-8-17(25)26)9-31-23-14-7-12(3-4-15(14)24(27)28)30-16-5-2-11(6-13(16)19)18(20,21)22;/h2-7,10,23H,8-9H2,1H3,(H,25,26);/q;+1/p-1. The second-order valence-electron chi connectivity index (χ2n) is 6.09. The predicted molar refractivity (Wildman–Crippen MR) is 106 cm³/mol. The summed E-state index contributed by atoms with van der Waals surface area (Å²) >= 11 is 6.89. The Hall–Kier alpha value is -1.70. The summed E-state index contributed by atoms with van der Waals surface area (Å²) in [6.45, 7) is 1.03. The molecule has 14 heteroatoms. The van der Waals surface area contributed by atoms with Gasteiger partial charge in [-0.2, -0.15) is 13.2 Å². The molecule has 0 amide bonds. The smallest absolute Gasteiger partial charge is 0.548 e. The number of anilines is 1. The zero-order valence-electron chi connectivity index (χ0n) is 16.8. The van der Waals surface area contributed by atoms with Crippen LogP contribution in [-0.4, -0.2) is 29.4 Å². The van der Waals surface area contributed by atoms with Crippen molar-refractivity contribution in [2.45, 2.75) is 19.2 Å². The average molecular weight is 503 g/mol. The summed E-state index contributed by atoms with van der Waals surface area (Å²) < 4.78 is 51.5. The number of nitrogens with zero attached hydrogens (tertiary/aromatic N) is 1. The number of nitro groups is 1. The van der Waals surface area contributed by atoms with E-state index in [1.807, 2.05) is 0 Å². The van der Waals surface area contributed by atoms with Crippen LogP contribution in [-0.2, 0) is 15.7 Å². The maximum Gasteiger partial charge on any atom is 1.00 e. The molecule has 0 saturated heterocycles. The Kier molecular flexibility index (Phi) is 11.1. The Morgan fingerprint density at radius 2 is 1.97 bits per heavy atom. The van der Waals surface area contributed by atoms with Crippen molar-refractivity contribution in [1.82, 2.24) is 0 Å². The molecule has 0 aliphatic heterocycles. The number of carboxylic acids is 1. The number of hydrogen-bond donors (Lipinski definition) is 1. The van der Waals surface area contributed by atoms with Crippen molar-refractivity contribution >= 4 is 40.9 Å². The number of nitro benzene ring substituents is 1. The van der Waals surface area contributed by atoms with E-state index in [9.17, 15) is 33.2 Å². The second kappa shape index (κ2) is 12.5. The molecule has 8 nitrogen and oxygen atoms in total. The summed E-state index contributed by atoms with van der Waals surface area (Å²) in [6.07, 6.45) is -5.05. The summed E-state index contributed by atoms with van der Waals surface area (Å²) in [5, 5.41) is 21.3. The predicted octanol–water partition coefficient (Wildman–Crippen LogP) is 1.28.